The van der Waals surface area contributed by atoms with Crippen molar-refractivity contribution in [2.45, 2.75) is 137 Å². The van der Waals surface area contributed by atoms with Gasteiger partial charge in [0.2, 0.25) is 0 Å². The largest absolute Gasteiger partial charge is 0.393 e. The number of hydrogen-bond acceptors (Lipinski definition) is 4. The van der Waals surface area contributed by atoms with E-state index >= 15 is 0 Å². The van der Waals surface area contributed by atoms with Gasteiger partial charge in [0.05, 0.1) is 23.4 Å². The molecule has 2 N–H and O–H groups in total. The van der Waals surface area contributed by atoms with Gasteiger partial charge in [0.15, 0.2) is 0 Å². The second-order valence-corrected chi connectivity index (χ2v) is 15.2. The summed E-state index contributed by atoms with van der Waals surface area (Å²) in [5.74, 6) is 1.88. The molecule has 4 aliphatic carbocycles. The Morgan fingerprint density at radius 2 is 1.53 bits per heavy atom. The Hall–Kier alpha value is -0.450. The summed E-state index contributed by atoms with van der Waals surface area (Å²) < 4.78 is 6.67. The molecule has 1 aliphatic heterocycles. The molecule has 4 unspecified atom stereocenters. The van der Waals surface area contributed by atoms with Gasteiger partial charge in [0.25, 0.3) is 0 Å². The van der Waals surface area contributed by atoms with Crippen molar-refractivity contribution in [1.82, 2.24) is 0 Å². The van der Waals surface area contributed by atoms with E-state index in [0.717, 1.165) is 44.9 Å². The van der Waals surface area contributed by atoms with E-state index in [2.05, 4.69) is 41.5 Å². The van der Waals surface area contributed by atoms with Crippen LogP contribution in [0.25, 0.3) is 0 Å². The molecule has 4 heteroatoms. The van der Waals surface area contributed by atoms with Crippen molar-refractivity contribution >= 4 is 5.78 Å². The number of Topliss-reactive ketones (excluding diaryl/α,β-unsaturated/α-hetero) is 1. The third-order valence-electron chi connectivity index (χ3n) is 13.0. The minimum Gasteiger partial charge on any atom is -0.393 e. The van der Waals surface area contributed by atoms with Crippen molar-refractivity contribution in [1.29, 1.82) is 0 Å². The fraction of sp³-hybridized carbons (Fsp3) is 0.967. The highest BCUT2D eigenvalue weighted by atomic mass is 16.5. The van der Waals surface area contributed by atoms with Gasteiger partial charge in [-0.1, -0.05) is 34.6 Å². The van der Waals surface area contributed by atoms with E-state index in [4.69, 9.17) is 4.74 Å². The molecule has 0 radical (unpaired) electrons. The van der Waals surface area contributed by atoms with Crippen LogP contribution >= 0.6 is 0 Å². The summed E-state index contributed by atoms with van der Waals surface area (Å²) in [5.41, 5.74) is -1.09. The van der Waals surface area contributed by atoms with Crippen LogP contribution in [0.5, 0.6) is 0 Å². The number of rotatable bonds is 2. The highest BCUT2D eigenvalue weighted by Crippen LogP contribution is 2.75. The van der Waals surface area contributed by atoms with Crippen LogP contribution in [0.4, 0.5) is 0 Å². The van der Waals surface area contributed by atoms with Crippen LogP contribution in [0, 0.1) is 45.3 Å². The predicted molar refractivity (Wildman–Crippen MR) is 134 cm³/mol. The lowest BCUT2D eigenvalue weighted by molar-refractivity contribution is -0.243. The first-order chi connectivity index (χ1) is 15.5. The summed E-state index contributed by atoms with van der Waals surface area (Å²) in [6.07, 6.45) is 8.44. The molecule has 4 saturated carbocycles. The molecule has 0 spiro atoms. The third kappa shape index (κ3) is 3.09. The Bertz CT molecular complexity index is 858. The van der Waals surface area contributed by atoms with Crippen molar-refractivity contribution in [3.8, 4) is 0 Å². The van der Waals surface area contributed by atoms with E-state index in [9.17, 15) is 15.0 Å². The molecule has 0 aromatic heterocycles. The van der Waals surface area contributed by atoms with E-state index in [0.29, 0.717) is 30.0 Å². The molecule has 5 aliphatic rings. The standard InChI is InChI=1S/C30H50O4/c1-25(2)21-10-15-29(7)24(27(21,5)13-11-22(25)32)20(31)17-19-18(9-14-28(19,29)6)30(8)16-12-23(34-30)26(3,4)33/h18-21,23-24,31,33H,9-17H2,1-8H3/t18-,19?,20?,21?,23-,24?,27-,28+,29+,30+/m0/s1. The van der Waals surface area contributed by atoms with Crippen molar-refractivity contribution in [2.24, 2.45) is 45.3 Å². The number of hydrogen-bond donors (Lipinski definition) is 2. The van der Waals surface area contributed by atoms with Crippen LogP contribution in [0.3, 0.4) is 0 Å². The lowest BCUT2D eigenvalue weighted by Gasteiger charge is -2.70. The maximum absolute atomic E-state index is 12.9. The predicted octanol–water partition coefficient (Wildman–Crippen LogP) is 5.92. The number of carbonyl (C=O) groups excluding carboxylic acids is 1. The average Bonchev–Trinajstić information content (AvgIpc) is 3.27. The smallest absolute Gasteiger partial charge is 0.138 e. The summed E-state index contributed by atoms with van der Waals surface area (Å²) in [5, 5.41) is 22.6. The van der Waals surface area contributed by atoms with Gasteiger partial charge in [-0.25, -0.2) is 0 Å². The Kier molecular flexibility index (Phi) is 5.42. The Morgan fingerprint density at radius 3 is 2.15 bits per heavy atom. The van der Waals surface area contributed by atoms with E-state index in [1.54, 1.807) is 0 Å². The molecule has 5 fully saturated rings. The molecule has 1 heterocycles. The van der Waals surface area contributed by atoms with E-state index in [-0.39, 0.29) is 45.4 Å². The number of aliphatic hydroxyl groups is 2. The highest BCUT2D eigenvalue weighted by molar-refractivity contribution is 5.85. The fourth-order valence-electron chi connectivity index (χ4n) is 11.0. The second-order valence-electron chi connectivity index (χ2n) is 15.2. The molecule has 10 atom stereocenters. The number of fused-ring (bicyclic) bond motifs is 5. The third-order valence-corrected chi connectivity index (χ3v) is 13.0. The van der Waals surface area contributed by atoms with Gasteiger partial charge >= 0.3 is 0 Å². The number of aliphatic hydroxyl groups excluding tert-OH is 1. The first-order valence-electron chi connectivity index (χ1n) is 14.1. The Balaban J connectivity index is 1.49. The monoisotopic (exact) mass is 474 g/mol. The maximum atomic E-state index is 12.9. The van der Waals surface area contributed by atoms with Crippen LogP contribution in [0.2, 0.25) is 0 Å². The SMILES string of the molecule is CC1(C)C(=O)CC[C@@]2(C)C1CC[C@]1(C)C2C(O)CC2[C@@H]([C@@]3(C)CC[C@@H](C(C)(C)O)O3)CC[C@]21C. The van der Waals surface area contributed by atoms with Gasteiger partial charge in [-0.2, -0.15) is 0 Å². The van der Waals surface area contributed by atoms with Crippen molar-refractivity contribution in [3.05, 3.63) is 0 Å². The van der Waals surface area contributed by atoms with Gasteiger partial charge in [0, 0.05) is 11.8 Å². The number of ketones is 1. The van der Waals surface area contributed by atoms with Crippen molar-refractivity contribution in [2.75, 3.05) is 0 Å². The van der Waals surface area contributed by atoms with Gasteiger partial charge < -0.3 is 14.9 Å². The van der Waals surface area contributed by atoms with Crippen LogP contribution in [-0.4, -0.2) is 39.4 Å². The normalized spacial score (nSPS) is 54.9. The summed E-state index contributed by atoms with van der Waals surface area (Å²) >= 11 is 0. The lowest BCUT2D eigenvalue weighted by atomic mass is 9.35. The first kappa shape index (κ1) is 25.2. The first-order valence-corrected chi connectivity index (χ1v) is 14.1. The van der Waals surface area contributed by atoms with E-state index < -0.39 is 5.60 Å². The molecular formula is C30H50O4. The van der Waals surface area contributed by atoms with Crippen LogP contribution in [-0.2, 0) is 9.53 Å². The van der Waals surface area contributed by atoms with E-state index in [1.165, 1.54) is 6.42 Å². The zero-order valence-corrected chi connectivity index (χ0v) is 23.0. The zero-order chi connectivity index (χ0) is 25.1. The number of carbonyl (C=O) groups is 1. The molecule has 1 saturated heterocycles. The Morgan fingerprint density at radius 1 is 0.882 bits per heavy atom. The maximum Gasteiger partial charge on any atom is 0.138 e. The van der Waals surface area contributed by atoms with Crippen molar-refractivity contribution < 1.29 is 19.7 Å². The van der Waals surface area contributed by atoms with Crippen molar-refractivity contribution in [3.63, 3.8) is 0 Å². The van der Waals surface area contributed by atoms with Gasteiger partial charge in [-0.05, 0) is 112 Å². The zero-order valence-electron chi connectivity index (χ0n) is 23.0. The van der Waals surface area contributed by atoms with Crippen LogP contribution in [0.1, 0.15) is 113 Å². The van der Waals surface area contributed by atoms with Gasteiger partial charge in [0.1, 0.15) is 5.78 Å². The summed E-state index contributed by atoms with van der Waals surface area (Å²) in [6.45, 7) is 17.8. The summed E-state index contributed by atoms with van der Waals surface area (Å²) in [6, 6.07) is 0. The van der Waals surface area contributed by atoms with Gasteiger partial charge in [-0.3, -0.25) is 4.79 Å². The molecule has 4 nitrogen and oxygen atoms in total. The van der Waals surface area contributed by atoms with Crippen LogP contribution < -0.4 is 0 Å². The molecule has 194 valence electrons. The average molecular weight is 475 g/mol. The Labute approximate surface area is 207 Å². The molecular weight excluding hydrogens is 424 g/mol. The minimum atomic E-state index is -0.818. The second kappa shape index (κ2) is 7.32. The lowest BCUT2D eigenvalue weighted by Crippen LogP contribution is -2.67. The summed E-state index contributed by atoms with van der Waals surface area (Å²) in [7, 11) is 0. The quantitative estimate of drug-likeness (QED) is 0.521. The topological polar surface area (TPSA) is 66.8 Å². The fourth-order valence-corrected chi connectivity index (χ4v) is 11.0. The highest BCUT2D eigenvalue weighted by Gasteiger charge is 2.72. The molecule has 5 rings (SSSR count). The van der Waals surface area contributed by atoms with Crippen LogP contribution in [0.15, 0.2) is 0 Å². The molecule has 0 aromatic rings. The number of ether oxygens (including phenoxy) is 1. The van der Waals surface area contributed by atoms with E-state index in [1.807, 2.05) is 13.8 Å². The summed E-state index contributed by atoms with van der Waals surface area (Å²) in [4.78, 5) is 12.9. The minimum absolute atomic E-state index is 0.00958. The molecule has 0 bridgehead atoms. The molecule has 0 aromatic carbocycles. The molecule has 0 amide bonds. The molecule has 34 heavy (non-hydrogen) atoms. The van der Waals surface area contributed by atoms with Gasteiger partial charge in [-0.15, -0.1) is 0 Å².